The predicted octanol–water partition coefficient (Wildman–Crippen LogP) is -0.864. The second-order valence-corrected chi connectivity index (χ2v) is 10.1. The highest BCUT2D eigenvalue weighted by atomic mass is 16.3. The minimum Gasteiger partial charge on any atom is -0.508 e. The number of aromatic hydroxyl groups is 1. The Morgan fingerprint density at radius 2 is 1.48 bits per heavy atom. The minimum atomic E-state index is -1.04. The zero-order valence-electron chi connectivity index (χ0n) is 24.1. The van der Waals surface area contributed by atoms with E-state index in [1.165, 1.54) is 12.1 Å². The van der Waals surface area contributed by atoms with Gasteiger partial charge in [0.2, 0.25) is 23.6 Å². The quantitative estimate of drug-likeness (QED) is 0.0701. The van der Waals surface area contributed by atoms with Crippen molar-refractivity contribution in [3.05, 3.63) is 64.7 Å². The first-order chi connectivity index (χ1) is 19.9. The maximum atomic E-state index is 13.5. The van der Waals surface area contributed by atoms with E-state index in [9.17, 15) is 24.3 Å². The van der Waals surface area contributed by atoms with Gasteiger partial charge in [-0.1, -0.05) is 30.3 Å². The molecule has 0 heterocycles. The van der Waals surface area contributed by atoms with Gasteiger partial charge < -0.3 is 44.0 Å². The summed E-state index contributed by atoms with van der Waals surface area (Å²) in [5.41, 5.74) is 25.6. The van der Waals surface area contributed by atoms with Gasteiger partial charge >= 0.3 is 0 Å². The van der Waals surface area contributed by atoms with Crippen molar-refractivity contribution in [2.45, 2.75) is 64.1 Å². The molecule has 228 valence electrons. The van der Waals surface area contributed by atoms with E-state index in [0.717, 1.165) is 22.3 Å². The topological polar surface area (TPSA) is 241 Å². The predicted molar refractivity (Wildman–Crippen MR) is 160 cm³/mol. The van der Waals surface area contributed by atoms with Crippen LogP contribution in [0.5, 0.6) is 5.75 Å². The second-order valence-electron chi connectivity index (χ2n) is 10.1. The summed E-state index contributed by atoms with van der Waals surface area (Å²) in [6.07, 6.45) is 0.821. The van der Waals surface area contributed by atoms with Gasteiger partial charge in [-0.2, -0.15) is 0 Å². The van der Waals surface area contributed by atoms with E-state index < -0.39 is 41.8 Å². The standard InChI is InChI=1S/C29H42N8O5/c1-17-5-3-6-18(2)21(17)16-24(27(41)34-14-12-25(31)39)37-28(42)23(7-4-13-35-29(32)33)36-26(40)22(30)15-19-8-10-20(38)11-9-19/h3,5-6,8-11,22-24,38H,4,7,12-16,30H2,1-2H3,(H2,31,39)(H,34,41)(H,36,40)(H,37,42)(H4,32,33,35)/t22-,23+,24-/m0/s1. The monoisotopic (exact) mass is 582 g/mol. The van der Waals surface area contributed by atoms with Crippen LogP contribution in [0.2, 0.25) is 0 Å². The van der Waals surface area contributed by atoms with E-state index in [1.54, 1.807) is 12.1 Å². The van der Waals surface area contributed by atoms with Crippen LogP contribution >= 0.6 is 0 Å². The van der Waals surface area contributed by atoms with E-state index in [1.807, 2.05) is 32.0 Å². The summed E-state index contributed by atoms with van der Waals surface area (Å²) in [5, 5.41) is 17.6. The Morgan fingerprint density at radius 1 is 0.857 bits per heavy atom. The maximum Gasteiger partial charge on any atom is 0.243 e. The second kappa shape index (κ2) is 16.6. The molecule has 13 nitrogen and oxygen atoms in total. The molecule has 2 aromatic carbocycles. The zero-order valence-corrected chi connectivity index (χ0v) is 24.1. The number of aryl methyl sites for hydroxylation is 2. The molecule has 0 aliphatic heterocycles. The molecule has 4 amide bonds. The number of nitrogens with zero attached hydrogens (tertiary/aromatic N) is 1. The summed E-state index contributed by atoms with van der Waals surface area (Å²) in [6.45, 7) is 4.06. The molecular weight excluding hydrogens is 540 g/mol. The first kappa shape index (κ1) is 33.6. The van der Waals surface area contributed by atoms with Crippen molar-refractivity contribution in [3.8, 4) is 5.75 Å². The number of phenols is 1. The molecule has 3 atom stereocenters. The summed E-state index contributed by atoms with van der Waals surface area (Å²) in [7, 11) is 0. The minimum absolute atomic E-state index is 0.0120. The molecule has 0 aliphatic rings. The molecule has 0 saturated heterocycles. The molecule has 12 N–H and O–H groups in total. The number of amides is 4. The number of hydrogen-bond donors (Lipinski definition) is 8. The number of primary amides is 1. The molecule has 2 aromatic rings. The van der Waals surface area contributed by atoms with Gasteiger partial charge in [0.1, 0.15) is 17.8 Å². The van der Waals surface area contributed by atoms with Crippen molar-refractivity contribution < 1.29 is 24.3 Å². The normalized spacial score (nSPS) is 12.8. The Morgan fingerprint density at radius 3 is 2.07 bits per heavy atom. The fourth-order valence-electron chi connectivity index (χ4n) is 4.32. The highest BCUT2D eigenvalue weighted by Gasteiger charge is 2.29. The van der Waals surface area contributed by atoms with Gasteiger partial charge in [0.05, 0.1) is 6.04 Å². The van der Waals surface area contributed by atoms with Gasteiger partial charge in [0.15, 0.2) is 5.96 Å². The first-order valence-electron chi connectivity index (χ1n) is 13.7. The first-order valence-corrected chi connectivity index (χ1v) is 13.7. The molecule has 0 fully saturated rings. The Balaban J connectivity index is 2.23. The average Bonchev–Trinajstić information content (AvgIpc) is 2.92. The lowest BCUT2D eigenvalue weighted by Gasteiger charge is -2.25. The van der Waals surface area contributed by atoms with Crippen molar-refractivity contribution in [1.82, 2.24) is 16.0 Å². The number of phenolic OH excluding ortho intramolecular Hbond substituents is 1. The highest BCUT2D eigenvalue weighted by Crippen LogP contribution is 2.16. The summed E-state index contributed by atoms with van der Waals surface area (Å²) >= 11 is 0. The number of nitrogens with one attached hydrogen (secondary N) is 3. The number of carbonyl (C=O) groups excluding carboxylic acids is 4. The molecule has 0 spiro atoms. The number of nitrogens with two attached hydrogens (primary N) is 4. The number of carbonyl (C=O) groups is 4. The van der Waals surface area contributed by atoms with Crippen molar-refractivity contribution in [3.63, 3.8) is 0 Å². The fourth-order valence-corrected chi connectivity index (χ4v) is 4.32. The van der Waals surface area contributed by atoms with Crippen LogP contribution in [0.1, 0.15) is 41.5 Å². The lowest BCUT2D eigenvalue weighted by Crippen LogP contribution is -2.56. The van der Waals surface area contributed by atoms with Gasteiger partial charge in [-0.05, 0) is 67.5 Å². The third kappa shape index (κ3) is 11.5. The molecule has 0 unspecified atom stereocenters. The number of aliphatic imine (C=N–C) groups is 1. The SMILES string of the molecule is Cc1cccc(C)c1C[C@H](NC(=O)[C@@H](CCCN=C(N)N)NC(=O)[C@@H](N)Cc1ccc(O)cc1)C(=O)NCCC(N)=O. The fraction of sp³-hybridized carbons (Fsp3) is 0.414. The molecule has 13 heteroatoms. The summed E-state index contributed by atoms with van der Waals surface area (Å²) < 4.78 is 0. The third-order valence-corrected chi connectivity index (χ3v) is 6.66. The molecule has 0 bridgehead atoms. The van der Waals surface area contributed by atoms with Crippen LogP contribution in [0.4, 0.5) is 0 Å². The maximum absolute atomic E-state index is 13.5. The van der Waals surface area contributed by atoms with E-state index >= 15 is 0 Å². The third-order valence-electron chi connectivity index (χ3n) is 6.66. The lowest BCUT2D eigenvalue weighted by atomic mass is 9.95. The number of rotatable bonds is 16. The van der Waals surface area contributed by atoms with Crippen molar-refractivity contribution in [2.75, 3.05) is 13.1 Å². The van der Waals surface area contributed by atoms with E-state index in [2.05, 4.69) is 20.9 Å². The summed E-state index contributed by atoms with van der Waals surface area (Å²) in [4.78, 5) is 54.8. The molecule has 42 heavy (non-hydrogen) atoms. The molecular formula is C29H42N8O5. The molecule has 0 saturated carbocycles. The van der Waals surface area contributed by atoms with Crippen LogP contribution in [0.15, 0.2) is 47.5 Å². The van der Waals surface area contributed by atoms with E-state index in [4.69, 9.17) is 22.9 Å². The summed E-state index contributed by atoms with van der Waals surface area (Å²) in [6, 6.07) is 8.97. The van der Waals surface area contributed by atoms with Crippen LogP contribution in [0.25, 0.3) is 0 Å². The van der Waals surface area contributed by atoms with Crippen molar-refractivity contribution >= 4 is 29.6 Å². The number of hydrogen-bond acceptors (Lipinski definition) is 7. The van der Waals surface area contributed by atoms with Gasteiger partial charge in [-0.3, -0.25) is 24.2 Å². The van der Waals surface area contributed by atoms with Crippen LogP contribution in [0.3, 0.4) is 0 Å². The lowest BCUT2D eigenvalue weighted by molar-refractivity contribution is -0.132. The smallest absolute Gasteiger partial charge is 0.243 e. The van der Waals surface area contributed by atoms with Crippen LogP contribution < -0.4 is 38.9 Å². The molecule has 2 rings (SSSR count). The van der Waals surface area contributed by atoms with Crippen molar-refractivity contribution in [2.24, 2.45) is 27.9 Å². The molecule has 0 aliphatic carbocycles. The van der Waals surface area contributed by atoms with Gasteiger partial charge in [-0.25, -0.2) is 0 Å². The largest absolute Gasteiger partial charge is 0.508 e. The van der Waals surface area contributed by atoms with E-state index in [-0.39, 0.29) is 50.5 Å². The van der Waals surface area contributed by atoms with Gasteiger partial charge in [0, 0.05) is 25.9 Å². The van der Waals surface area contributed by atoms with Crippen LogP contribution in [-0.2, 0) is 32.0 Å². The van der Waals surface area contributed by atoms with Crippen LogP contribution in [-0.4, -0.2) is 65.9 Å². The van der Waals surface area contributed by atoms with Crippen LogP contribution in [0, 0.1) is 13.8 Å². The Kier molecular flexibility index (Phi) is 13.2. The van der Waals surface area contributed by atoms with Gasteiger partial charge in [0.25, 0.3) is 0 Å². The molecule has 0 aromatic heterocycles. The Labute approximate surface area is 245 Å². The number of benzene rings is 2. The molecule has 0 radical (unpaired) electrons. The van der Waals surface area contributed by atoms with Gasteiger partial charge in [-0.15, -0.1) is 0 Å². The highest BCUT2D eigenvalue weighted by molar-refractivity contribution is 5.93. The average molecular weight is 583 g/mol. The summed E-state index contributed by atoms with van der Waals surface area (Å²) in [5.74, 6) is -2.24. The Bertz CT molecular complexity index is 1240. The van der Waals surface area contributed by atoms with Crippen molar-refractivity contribution in [1.29, 1.82) is 0 Å². The number of guanidine groups is 1. The zero-order chi connectivity index (χ0) is 31.2. The Hall–Kier alpha value is -4.65. The van der Waals surface area contributed by atoms with E-state index in [0.29, 0.717) is 6.42 Å².